The number of hydrogen-bond donors (Lipinski definition) is 0. The molecule has 1 heterocycles. The van der Waals surface area contributed by atoms with E-state index in [0.717, 1.165) is 4.21 Å². The quantitative estimate of drug-likeness (QED) is 0.556. The Hall–Kier alpha value is -0.550. The third kappa shape index (κ3) is 2.22. The van der Waals surface area contributed by atoms with Crippen molar-refractivity contribution in [2.24, 2.45) is 0 Å². The van der Waals surface area contributed by atoms with Gasteiger partial charge in [0.2, 0.25) is 5.01 Å². The van der Waals surface area contributed by atoms with Gasteiger partial charge in [-0.1, -0.05) is 0 Å². The summed E-state index contributed by atoms with van der Waals surface area (Å²) in [5.41, 5.74) is 0. The van der Waals surface area contributed by atoms with Gasteiger partial charge in [0.05, 0.1) is 17.0 Å². The van der Waals surface area contributed by atoms with Crippen molar-refractivity contribution < 1.29 is 9.53 Å². The van der Waals surface area contributed by atoms with Crippen LogP contribution in [0.4, 0.5) is 0 Å². The first-order valence-electron chi connectivity index (χ1n) is 3.45. The highest BCUT2D eigenvalue weighted by molar-refractivity contribution is 8.00. The first-order valence-corrected chi connectivity index (χ1v) is 5.49. The first kappa shape index (κ1) is 9.54. The van der Waals surface area contributed by atoms with Crippen molar-refractivity contribution in [1.29, 1.82) is 0 Å². The van der Waals surface area contributed by atoms with E-state index in [2.05, 4.69) is 4.98 Å². The highest BCUT2D eigenvalue weighted by Crippen LogP contribution is 2.22. The van der Waals surface area contributed by atoms with Crippen LogP contribution in [0.5, 0.6) is 0 Å². The second kappa shape index (κ2) is 4.47. The molecule has 1 aromatic heterocycles. The maximum absolute atomic E-state index is 11.1. The van der Waals surface area contributed by atoms with Crippen molar-refractivity contribution in [1.82, 2.24) is 4.98 Å². The Bertz CT molecular complexity index is 272. The summed E-state index contributed by atoms with van der Waals surface area (Å²) in [7, 11) is 0. The van der Waals surface area contributed by atoms with Crippen LogP contribution in [0.1, 0.15) is 16.7 Å². The summed E-state index contributed by atoms with van der Waals surface area (Å²) in [6.45, 7) is 2.17. The number of aromatic nitrogens is 1. The summed E-state index contributed by atoms with van der Waals surface area (Å²) in [6.07, 6.45) is 3.63. The molecule has 0 aliphatic heterocycles. The molecule has 0 aliphatic carbocycles. The molecule has 1 aromatic rings. The first-order chi connectivity index (χ1) is 5.77. The molecule has 0 unspecified atom stereocenters. The molecule has 0 spiro atoms. The lowest BCUT2D eigenvalue weighted by atomic mass is 10.7. The van der Waals surface area contributed by atoms with Crippen molar-refractivity contribution in [3.63, 3.8) is 0 Å². The smallest absolute Gasteiger partial charge is 0.367 e. The third-order valence-corrected chi connectivity index (χ3v) is 3.17. The van der Waals surface area contributed by atoms with E-state index in [1.54, 1.807) is 24.9 Å². The molecular weight excluding hydrogens is 194 g/mol. The van der Waals surface area contributed by atoms with Crippen LogP contribution in [0.3, 0.4) is 0 Å². The molecule has 66 valence electrons. The highest BCUT2D eigenvalue weighted by Gasteiger charge is 2.10. The zero-order valence-electron chi connectivity index (χ0n) is 6.86. The normalized spacial score (nSPS) is 9.83. The number of hydrogen-bond acceptors (Lipinski definition) is 5. The predicted molar refractivity (Wildman–Crippen MR) is 49.9 cm³/mol. The van der Waals surface area contributed by atoms with Gasteiger partial charge in [0.25, 0.3) is 0 Å². The average Bonchev–Trinajstić information content (AvgIpc) is 2.52. The molecule has 0 saturated carbocycles. The number of thiazole rings is 1. The second-order valence-electron chi connectivity index (χ2n) is 1.91. The van der Waals surface area contributed by atoms with Crippen LogP contribution < -0.4 is 0 Å². The van der Waals surface area contributed by atoms with Gasteiger partial charge in [-0.15, -0.1) is 23.1 Å². The van der Waals surface area contributed by atoms with Gasteiger partial charge >= 0.3 is 5.97 Å². The number of carbonyl (C=O) groups excluding carboxylic acids is 1. The Balaban J connectivity index is 2.68. The Labute approximate surface area is 79.1 Å². The van der Waals surface area contributed by atoms with Crippen molar-refractivity contribution in [3.8, 4) is 0 Å². The lowest BCUT2D eigenvalue weighted by Gasteiger charge is -1.94. The van der Waals surface area contributed by atoms with Crippen molar-refractivity contribution in [3.05, 3.63) is 11.2 Å². The monoisotopic (exact) mass is 203 g/mol. The molecule has 0 N–H and O–H groups in total. The van der Waals surface area contributed by atoms with E-state index in [-0.39, 0.29) is 5.97 Å². The second-order valence-corrected chi connectivity index (χ2v) is 4.05. The molecular formula is C7H9NO2S2. The molecule has 0 fully saturated rings. The SMILES string of the molecule is CCOC(=O)c1ncc(SC)s1. The zero-order valence-corrected chi connectivity index (χ0v) is 8.50. The van der Waals surface area contributed by atoms with Gasteiger partial charge in [-0.25, -0.2) is 9.78 Å². The zero-order chi connectivity index (χ0) is 8.97. The summed E-state index contributed by atoms with van der Waals surface area (Å²) < 4.78 is 5.81. The van der Waals surface area contributed by atoms with Gasteiger partial charge in [-0.05, 0) is 13.2 Å². The molecule has 0 saturated heterocycles. The van der Waals surface area contributed by atoms with Crippen molar-refractivity contribution in [2.45, 2.75) is 11.1 Å². The number of nitrogens with zero attached hydrogens (tertiary/aromatic N) is 1. The molecule has 0 amide bonds. The van der Waals surface area contributed by atoms with Crippen molar-refractivity contribution in [2.75, 3.05) is 12.9 Å². The fourth-order valence-corrected chi connectivity index (χ4v) is 1.91. The molecule has 0 aliphatic rings. The van der Waals surface area contributed by atoms with Crippen LogP contribution in [0, 0.1) is 0 Å². The number of carbonyl (C=O) groups is 1. The molecule has 0 radical (unpaired) electrons. The fourth-order valence-electron chi connectivity index (χ4n) is 0.641. The van der Waals surface area contributed by atoms with E-state index < -0.39 is 0 Å². The van der Waals surface area contributed by atoms with Crippen LogP contribution in [0.15, 0.2) is 10.4 Å². The lowest BCUT2D eigenvalue weighted by Crippen LogP contribution is -2.03. The summed E-state index contributed by atoms with van der Waals surface area (Å²) >= 11 is 2.93. The lowest BCUT2D eigenvalue weighted by molar-refractivity contribution is 0.0526. The van der Waals surface area contributed by atoms with Gasteiger partial charge < -0.3 is 4.74 Å². The summed E-state index contributed by atoms with van der Waals surface area (Å²) in [5.74, 6) is -0.331. The summed E-state index contributed by atoms with van der Waals surface area (Å²) in [5, 5.41) is 0.432. The van der Waals surface area contributed by atoms with Crippen molar-refractivity contribution >= 4 is 29.1 Å². The average molecular weight is 203 g/mol. The Kier molecular flexibility index (Phi) is 3.55. The Morgan fingerprint density at radius 3 is 3.08 bits per heavy atom. The summed E-state index contributed by atoms with van der Waals surface area (Å²) in [6, 6.07) is 0. The minimum Gasteiger partial charge on any atom is -0.461 e. The fraction of sp³-hybridized carbons (Fsp3) is 0.429. The molecule has 3 nitrogen and oxygen atoms in total. The van der Waals surface area contributed by atoms with Crippen LogP contribution in [0.2, 0.25) is 0 Å². The minimum absolute atomic E-state index is 0.331. The van der Waals surface area contributed by atoms with Gasteiger partial charge in [0, 0.05) is 0 Å². The molecule has 0 bridgehead atoms. The van der Waals surface area contributed by atoms with E-state index in [1.165, 1.54) is 11.3 Å². The Morgan fingerprint density at radius 2 is 2.58 bits per heavy atom. The van der Waals surface area contributed by atoms with Gasteiger partial charge in [-0.2, -0.15) is 0 Å². The van der Waals surface area contributed by atoms with Crippen LogP contribution in [0.25, 0.3) is 0 Å². The maximum Gasteiger partial charge on any atom is 0.367 e. The number of thioether (sulfide) groups is 1. The van der Waals surface area contributed by atoms with Crippen LogP contribution in [-0.4, -0.2) is 23.8 Å². The molecule has 0 aromatic carbocycles. The van der Waals surface area contributed by atoms with Gasteiger partial charge in [-0.3, -0.25) is 0 Å². The van der Waals surface area contributed by atoms with E-state index in [1.807, 2.05) is 6.26 Å². The van der Waals surface area contributed by atoms with E-state index in [4.69, 9.17) is 4.74 Å². The maximum atomic E-state index is 11.1. The van der Waals surface area contributed by atoms with Crippen LogP contribution in [-0.2, 0) is 4.74 Å². The summed E-state index contributed by atoms with van der Waals surface area (Å²) in [4.78, 5) is 15.0. The minimum atomic E-state index is -0.331. The van der Waals surface area contributed by atoms with E-state index >= 15 is 0 Å². The topological polar surface area (TPSA) is 39.2 Å². The Morgan fingerprint density at radius 1 is 1.83 bits per heavy atom. The van der Waals surface area contributed by atoms with E-state index in [9.17, 15) is 4.79 Å². The highest BCUT2D eigenvalue weighted by atomic mass is 32.2. The predicted octanol–water partition coefficient (Wildman–Crippen LogP) is 2.04. The number of esters is 1. The largest absolute Gasteiger partial charge is 0.461 e. The molecule has 0 atom stereocenters. The van der Waals surface area contributed by atoms with Crippen LogP contribution >= 0.6 is 23.1 Å². The number of rotatable bonds is 3. The standard InChI is InChI=1S/C7H9NO2S2/c1-3-10-7(9)6-8-4-5(11-2)12-6/h4H,3H2,1-2H3. The third-order valence-electron chi connectivity index (χ3n) is 1.14. The molecule has 5 heteroatoms. The molecule has 12 heavy (non-hydrogen) atoms. The van der Waals surface area contributed by atoms with Gasteiger partial charge in [0.15, 0.2) is 0 Å². The van der Waals surface area contributed by atoms with Gasteiger partial charge in [0.1, 0.15) is 0 Å². The number of ether oxygens (including phenoxy) is 1. The molecule has 1 rings (SSSR count). The van der Waals surface area contributed by atoms with E-state index in [0.29, 0.717) is 11.6 Å².